The summed E-state index contributed by atoms with van der Waals surface area (Å²) in [6, 6.07) is 15.4. The molecule has 0 bridgehead atoms. The van der Waals surface area contributed by atoms with Crippen LogP contribution in [0.3, 0.4) is 0 Å². The third-order valence-electron chi connectivity index (χ3n) is 5.20. The van der Waals surface area contributed by atoms with Gasteiger partial charge in [-0.1, -0.05) is 42.5 Å². The van der Waals surface area contributed by atoms with Gasteiger partial charge in [0.15, 0.2) is 0 Å². The molecular weight excluding hydrogens is 322 g/mol. The van der Waals surface area contributed by atoms with Crippen LogP contribution < -0.4 is 0 Å². The Balaban J connectivity index is 1.65. The number of hydrogen-bond acceptors (Lipinski definition) is 3. The number of fused-ring (bicyclic) bond motifs is 1. The molecule has 0 unspecified atom stereocenters. The lowest BCUT2D eigenvalue weighted by molar-refractivity contribution is 0.0714. The fourth-order valence-electron chi connectivity index (χ4n) is 3.65. The Morgan fingerprint density at radius 1 is 1.08 bits per heavy atom. The Bertz CT molecular complexity index is 733. The van der Waals surface area contributed by atoms with Gasteiger partial charge in [-0.25, -0.2) is 0 Å². The van der Waals surface area contributed by atoms with E-state index in [9.17, 15) is 5.11 Å². The number of benzene rings is 2. The van der Waals surface area contributed by atoms with E-state index in [1.807, 2.05) is 13.8 Å². The van der Waals surface area contributed by atoms with E-state index in [1.54, 1.807) is 7.11 Å². The average molecular weight is 354 g/mol. The molecule has 0 fully saturated rings. The quantitative estimate of drug-likeness (QED) is 0.814. The van der Waals surface area contributed by atoms with Gasteiger partial charge in [0.1, 0.15) is 0 Å². The smallest absolute Gasteiger partial charge is 0.0716 e. The maximum Gasteiger partial charge on any atom is 0.0716 e. The van der Waals surface area contributed by atoms with Crippen molar-refractivity contribution in [3.63, 3.8) is 0 Å². The van der Waals surface area contributed by atoms with Gasteiger partial charge in [-0.3, -0.25) is 4.90 Å². The first-order valence-corrected chi connectivity index (χ1v) is 9.56. The van der Waals surface area contributed by atoms with E-state index in [0.29, 0.717) is 6.61 Å². The van der Waals surface area contributed by atoms with E-state index in [-0.39, 0.29) is 0 Å². The van der Waals surface area contributed by atoms with Crippen LogP contribution in [-0.2, 0) is 37.3 Å². The molecule has 3 rings (SSSR count). The fourth-order valence-corrected chi connectivity index (χ4v) is 3.65. The molecular formula is C23H31NO2. The molecule has 3 nitrogen and oxygen atoms in total. The molecule has 140 valence electrons. The number of aryl methyl sites for hydroxylation is 1. The number of nitrogens with zero attached hydrogens (tertiary/aromatic N) is 1. The van der Waals surface area contributed by atoms with Crippen LogP contribution in [0.5, 0.6) is 0 Å². The summed E-state index contributed by atoms with van der Waals surface area (Å²) in [4.78, 5) is 2.52. The Morgan fingerprint density at radius 2 is 1.85 bits per heavy atom. The topological polar surface area (TPSA) is 32.7 Å². The summed E-state index contributed by atoms with van der Waals surface area (Å²) in [7, 11) is 1.75. The summed E-state index contributed by atoms with van der Waals surface area (Å²) < 4.78 is 5.34. The minimum Gasteiger partial charge on any atom is -0.390 e. The van der Waals surface area contributed by atoms with Crippen molar-refractivity contribution in [2.75, 3.05) is 13.7 Å². The number of ether oxygens (including phenoxy) is 1. The fraction of sp³-hybridized carbons (Fsp3) is 0.478. The van der Waals surface area contributed by atoms with Crippen LogP contribution in [0.15, 0.2) is 42.5 Å². The van der Waals surface area contributed by atoms with E-state index in [0.717, 1.165) is 38.9 Å². The molecule has 0 aromatic heterocycles. The molecule has 0 saturated carbocycles. The van der Waals surface area contributed by atoms with Crippen LogP contribution in [-0.4, -0.2) is 29.3 Å². The van der Waals surface area contributed by atoms with Crippen LogP contribution >= 0.6 is 0 Å². The second kappa shape index (κ2) is 8.34. The molecule has 1 aliphatic heterocycles. The molecule has 0 aliphatic carbocycles. The van der Waals surface area contributed by atoms with Gasteiger partial charge in [0.2, 0.25) is 0 Å². The average Bonchev–Trinajstić information content (AvgIpc) is 2.61. The van der Waals surface area contributed by atoms with Crippen molar-refractivity contribution in [2.24, 2.45) is 0 Å². The monoisotopic (exact) mass is 353 g/mol. The molecule has 0 amide bonds. The molecule has 2 aromatic rings. The lowest BCUT2D eigenvalue weighted by Crippen LogP contribution is -2.30. The number of rotatable bonds is 7. The van der Waals surface area contributed by atoms with Crippen LogP contribution in [0, 0.1) is 0 Å². The summed E-state index contributed by atoms with van der Waals surface area (Å²) in [5, 5.41) is 9.94. The predicted octanol–water partition coefficient (Wildman–Crippen LogP) is 4.09. The van der Waals surface area contributed by atoms with E-state index in [2.05, 4.69) is 47.4 Å². The van der Waals surface area contributed by atoms with Gasteiger partial charge in [-0.05, 0) is 60.9 Å². The van der Waals surface area contributed by atoms with Gasteiger partial charge in [0.05, 0.1) is 12.2 Å². The molecule has 3 heteroatoms. The second-order valence-electron chi connectivity index (χ2n) is 8.08. The van der Waals surface area contributed by atoms with Crippen molar-refractivity contribution in [3.8, 4) is 0 Å². The molecule has 2 aromatic carbocycles. The van der Waals surface area contributed by atoms with Gasteiger partial charge in [-0.15, -0.1) is 0 Å². The van der Waals surface area contributed by atoms with Crippen LogP contribution in [0.25, 0.3) is 0 Å². The summed E-state index contributed by atoms with van der Waals surface area (Å²) in [5.74, 6) is 0. The summed E-state index contributed by atoms with van der Waals surface area (Å²) >= 11 is 0. The molecule has 0 radical (unpaired) electrons. The van der Waals surface area contributed by atoms with Crippen molar-refractivity contribution in [1.82, 2.24) is 4.90 Å². The Hall–Kier alpha value is -1.68. The number of methoxy groups -OCH3 is 1. The zero-order chi connectivity index (χ0) is 18.6. The second-order valence-corrected chi connectivity index (χ2v) is 8.08. The van der Waals surface area contributed by atoms with Crippen molar-refractivity contribution in [2.45, 2.75) is 58.4 Å². The lowest BCUT2D eigenvalue weighted by Gasteiger charge is -2.30. The maximum atomic E-state index is 9.94. The first-order valence-electron chi connectivity index (χ1n) is 9.56. The highest BCUT2D eigenvalue weighted by Gasteiger charge is 2.18. The molecule has 0 spiro atoms. The maximum absolute atomic E-state index is 9.94. The van der Waals surface area contributed by atoms with Gasteiger partial charge in [-0.2, -0.15) is 0 Å². The van der Waals surface area contributed by atoms with Crippen LogP contribution in [0.4, 0.5) is 0 Å². The summed E-state index contributed by atoms with van der Waals surface area (Å²) in [6.45, 7) is 7.49. The first kappa shape index (κ1) is 19.1. The van der Waals surface area contributed by atoms with Crippen molar-refractivity contribution in [3.05, 3.63) is 70.3 Å². The van der Waals surface area contributed by atoms with E-state index >= 15 is 0 Å². The number of hydrogen-bond donors (Lipinski definition) is 1. The Morgan fingerprint density at radius 3 is 2.58 bits per heavy atom. The van der Waals surface area contributed by atoms with E-state index in [4.69, 9.17) is 4.74 Å². The van der Waals surface area contributed by atoms with Gasteiger partial charge < -0.3 is 9.84 Å². The summed E-state index contributed by atoms with van der Waals surface area (Å²) in [6.07, 6.45) is 2.83. The Kier molecular flexibility index (Phi) is 6.13. The Labute approximate surface area is 157 Å². The van der Waals surface area contributed by atoms with Crippen molar-refractivity contribution < 1.29 is 9.84 Å². The van der Waals surface area contributed by atoms with Crippen LogP contribution in [0.2, 0.25) is 0 Å². The van der Waals surface area contributed by atoms with Crippen molar-refractivity contribution in [1.29, 1.82) is 0 Å². The molecule has 0 saturated heterocycles. The highest BCUT2D eigenvalue weighted by atomic mass is 16.5. The SMILES string of the molecule is COCc1ccccc1CN1CCc2cc(CCC(C)(C)O)ccc2C1. The molecule has 1 heterocycles. The van der Waals surface area contributed by atoms with Crippen molar-refractivity contribution >= 4 is 0 Å². The molecule has 1 N–H and O–H groups in total. The highest BCUT2D eigenvalue weighted by Crippen LogP contribution is 2.24. The third kappa shape index (κ3) is 5.16. The van der Waals surface area contributed by atoms with Gasteiger partial charge in [0.25, 0.3) is 0 Å². The normalized spacial score (nSPS) is 15.1. The first-order chi connectivity index (χ1) is 12.4. The molecule has 0 atom stereocenters. The predicted molar refractivity (Wildman–Crippen MR) is 106 cm³/mol. The molecule has 1 aliphatic rings. The lowest BCUT2D eigenvalue weighted by atomic mass is 9.93. The van der Waals surface area contributed by atoms with Crippen LogP contribution in [0.1, 0.15) is 48.1 Å². The summed E-state index contributed by atoms with van der Waals surface area (Å²) in [5.41, 5.74) is 6.29. The standard InChI is InChI=1S/C23H31NO2/c1-23(2,25)12-10-18-8-9-21-16-24(13-11-19(21)14-18)15-20-6-4-5-7-22(20)17-26-3/h4-9,14,25H,10-13,15-17H2,1-3H3. The van der Waals surface area contributed by atoms with Gasteiger partial charge in [0, 0.05) is 26.7 Å². The van der Waals surface area contributed by atoms with E-state index in [1.165, 1.54) is 27.8 Å². The highest BCUT2D eigenvalue weighted by molar-refractivity contribution is 5.34. The molecule has 26 heavy (non-hydrogen) atoms. The zero-order valence-electron chi connectivity index (χ0n) is 16.3. The zero-order valence-corrected chi connectivity index (χ0v) is 16.3. The van der Waals surface area contributed by atoms with E-state index < -0.39 is 5.60 Å². The minimum absolute atomic E-state index is 0.595. The largest absolute Gasteiger partial charge is 0.390 e. The number of aliphatic hydroxyl groups is 1. The van der Waals surface area contributed by atoms with Gasteiger partial charge >= 0.3 is 0 Å². The minimum atomic E-state index is -0.595. The third-order valence-corrected chi connectivity index (χ3v) is 5.20.